The molecule has 3 rings (SSSR count). The Morgan fingerprint density at radius 2 is 1.91 bits per heavy atom. The van der Waals surface area contributed by atoms with Crippen LogP contribution in [0.2, 0.25) is 0 Å². The van der Waals surface area contributed by atoms with E-state index in [4.69, 9.17) is 5.73 Å². The minimum absolute atomic E-state index is 0.0776. The minimum atomic E-state index is -0.657. The van der Waals surface area contributed by atoms with Gasteiger partial charge in [0.2, 0.25) is 5.95 Å². The number of nitrogens with one attached hydrogen (secondary N) is 1. The Hall–Kier alpha value is -3.09. The maximum atomic E-state index is 12.9. The third-order valence-corrected chi connectivity index (χ3v) is 3.19. The van der Waals surface area contributed by atoms with E-state index >= 15 is 0 Å². The summed E-state index contributed by atoms with van der Waals surface area (Å²) in [6, 6.07) is 8.56. The number of nitrogens with zero attached hydrogens (tertiary/aromatic N) is 3. The Bertz CT molecular complexity index is 841. The predicted molar refractivity (Wildman–Crippen MR) is 78.3 cm³/mol. The van der Waals surface area contributed by atoms with Gasteiger partial charge in [0, 0.05) is 17.3 Å². The van der Waals surface area contributed by atoms with Gasteiger partial charge in [0.05, 0.1) is 0 Å². The molecule has 0 fully saturated rings. The first-order valence-corrected chi connectivity index (χ1v) is 6.49. The van der Waals surface area contributed by atoms with E-state index in [1.165, 1.54) is 12.3 Å². The number of hydrogen-bond donors (Lipinski definition) is 2. The molecule has 0 atom stereocenters. The number of aromatic nitrogens is 4. The van der Waals surface area contributed by atoms with Crippen molar-refractivity contribution in [3.8, 4) is 22.4 Å². The van der Waals surface area contributed by atoms with E-state index in [9.17, 15) is 9.18 Å². The highest BCUT2D eigenvalue weighted by Crippen LogP contribution is 2.28. The number of rotatable bonds is 3. The first kappa shape index (κ1) is 13.9. The lowest BCUT2D eigenvalue weighted by molar-refractivity contribution is 0.0996. The molecule has 3 N–H and O–H groups in total. The fourth-order valence-electron chi connectivity index (χ4n) is 2.24. The van der Waals surface area contributed by atoms with Crippen molar-refractivity contribution in [1.82, 2.24) is 20.4 Å². The second-order valence-electron chi connectivity index (χ2n) is 4.84. The van der Waals surface area contributed by atoms with Gasteiger partial charge in [-0.15, -0.1) is 0 Å². The Balaban J connectivity index is 2.12. The Morgan fingerprint density at radius 1 is 1.14 bits per heavy atom. The third kappa shape index (κ3) is 2.56. The fourth-order valence-corrected chi connectivity index (χ4v) is 2.24. The lowest BCUT2D eigenvalue weighted by Crippen LogP contribution is -2.12. The van der Waals surface area contributed by atoms with Crippen LogP contribution in [0.25, 0.3) is 22.4 Å². The van der Waals surface area contributed by atoms with Crippen molar-refractivity contribution < 1.29 is 9.18 Å². The maximum absolute atomic E-state index is 12.9. The average Bonchev–Trinajstić information content (AvgIpc) is 2.97. The van der Waals surface area contributed by atoms with Crippen molar-refractivity contribution in [1.29, 1.82) is 0 Å². The number of amides is 1. The predicted octanol–water partition coefficient (Wildman–Crippen LogP) is 2.08. The molecule has 0 saturated carbocycles. The molecule has 22 heavy (non-hydrogen) atoms. The number of primary amides is 1. The van der Waals surface area contributed by atoms with E-state index in [-0.39, 0.29) is 5.69 Å². The van der Waals surface area contributed by atoms with Gasteiger partial charge in [-0.25, -0.2) is 4.98 Å². The lowest BCUT2D eigenvalue weighted by Gasteiger charge is -2.07. The highest BCUT2D eigenvalue weighted by molar-refractivity contribution is 5.97. The maximum Gasteiger partial charge on any atom is 0.271 e. The molecule has 0 unspecified atom stereocenters. The molecule has 3 aromatic rings. The van der Waals surface area contributed by atoms with Crippen molar-refractivity contribution in [3.05, 3.63) is 53.7 Å². The first-order chi connectivity index (χ1) is 10.5. The van der Waals surface area contributed by atoms with Gasteiger partial charge in [-0.05, 0) is 42.3 Å². The molecule has 2 aromatic heterocycles. The van der Waals surface area contributed by atoms with Crippen molar-refractivity contribution in [2.75, 3.05) is 0 Å². The molecule has 0 saturated heterocycles. The summed E-state index contributed by atoms with van der Waals surface area (Å²) in [6.07, 6.45) is 1.45. The molecule has 0 spiro atoms. The number of nitrogens with two attached hydrogens (primary N) is 1. The molecule has 0 aliphatic carbocycles. The summed E-state index contributed by atoms with van der Waals surface area (Å²) < 4.78 is 12.9. The SMILES string of the molecule is Cc1cc(-c2ccc(F)nc2)cc(-c2n[nH]nc2C(N)=O)c1. The second kappa shape index (κ2) is 5.36. The van der Waals surface area contributed by atoms with E-state index in [0.29, 0.717) is 11.3 Å². The van der Waals surface area contributed by atoms with Crippen LogP contribution in [-0.2, 0) is 0 Å². The van der Waals surface area contributed by atoms with Crippen molar-refractivity contribution in [2.24, 2.45) is 5.73 Å². The van der Waals surface area contributed by atoms with Gasteiger partial charge in [-0.1, -0.05) is 6.07 Å². The molecule has 6 nitrogen and oxygen atoms in total. The van der Waals surface area contributed by atoms with Gasteiger partial charge in [-0.2, -0.15) is 19.8 Å². The lowest BCUT2D eigenvalue weighted by atomic mass is 9.99. The van der Waals surface area contributed by atoms with E-state index in [0.717, 1.165) is 16.7 Å². The third-order valence-electron chi connectivity index (χ3n) is 3.19. The van der Waals surface area contributed by atoms with Crippen molar-refractivity contribution in [2.45, 2.75) is 6.92 Å². The second-order valence-corrected chi connectivity index (χ2v) is 4.84. The summed E-state index contributed by atoms with van der Waals surface area (Å²) in [6.45, 7) is 1.91. The van der Waals surface area contributed by atoms with E-state index in [1.807, 2.05) is 25.1 Å². The molecule has 0 radical (unpaired) electrons. The largest absolute Gasteiger partial charge is 0.364 e. The molecule has 1 aromatic carbocycles. The van der Waals surface area contributed by atoms with E-state index < -0.39 is 11.9 Å². The van der Waals surface area contributed by atoms with Crippen LogP contribution in [-0.4, -0.2) is 26.3 Å². The van der Waals surface area contributed by atoms with Crippen LogP contribution in [0.15, 0.2) is 36.5 Å². The first-order valence-electron chi connectivity index (χ1n) is 6.49. The zero-order chi connectivity index (χ0) is 15.7. The molecular weight excluding hydrogens is 285 g/mol. The Kier molecular flexibility index (Phi) is 3.38. The number of H-pyrrole nitrogens is 1. The molecule has 1 amide bonds. The van der Waals surface area contributed by atoms with Gasteiger partial charge in [0.1, 0.15) is 5.69 Å². The van der Waals surface area contributed by atoms with Crippen LogP contribution in [0.1, 0.15) is 16.1 Å². The van der Waals surface area contributed by atoms with Gasteiger partial charge in [0.25, 0.3) is 5.91 Å². The number of benzene rings is 1. The molecule has 0 aliphatic heterocycles. The fraction of sp³-hybridized carbons (Fsp3) is 0.0667. The minimum Gasteiger partial charge on any atom is -0.364 e. The van der Waals surface area contributed by atoms with E-state index in [1.54, 1.807) is 6.07 Å². The summed E-state index contributed by atoms with van der Waals surface area (Å²) in [5, 5.41) is 10.1. The number of halogens is 1. The van der Waals surface area contributed by atoms with E-state index in [2.05, 4.69) is 20.4 Å². The van der Waals surface area contributed by atoms with Gasteiger partial charge in [0.15, 0.2) is 5.69 Å². The van der Waals surface area contributed by atoms with Crippen LogP contribution in [0.3, 0.4) is 0 Å². The van der Waals surface area contributed by atoms with Gasteiger partial charge >= 0.3 is 0 Å². The standard InChI is InChI=1S/C15H12FN5O/c1-8-4-10(9-2-3-12(16)18-7-9)6-11(5-8)13-14(15(17)22)20-21-19-13/h2-7H,1H3,(H2,17,22)(H,19,20,21). The number of carbonyl (C=O) groups is 1. The van der Waals surface area contributed by atoms with Crippen molar-refractivity contribution in [3.63, 3.8) is 0 Å². The number of carbonyl (C=O) groups excluding carboxylic acids is 1. The quantitative estimate of drug-likeness (QED) is 0.723. The number of aryl methyl sites for hydroxylation is 1. The van der Waals surface area contributed by atoms with Crippen LogP contribution in [0.5, 0.6) is 0 Å². The highest BCUT2D eigenvalue weighted by Gasteiger charge is 2.16. The monoisotopic (exact) mass is 297 g/mol. The van der Waals surface area contributed by atoms with Crippen LogP contribution in [0.4, 0.5) is 4.39 Å². The smallest absolute Gasteiger partial charge is 0.271 e. The normalized spacial score (nSPS) is 10.6. The summed E-state index contributed by atoms with van der Waals surface area (Å²) in [7, 11) is 0. The topological polar surface area (TPSA) is 97.6 Å². The molecule has 0 aliphatic rings. The van der Waals surface area contributed by atoms with Crippen LogP contribution in [0, 0.1) is 12.9 Å². The number of hydrogen-bond acceptors (Lipinski definition) is 4. The van der Waals surface area contributed by atoms with Gasteiger partial charge < -0.3 is 5.73 Å². The zero-order valence-corrected chi connectivity index (χ0v) is 11.7. The molecule has 7 heteroatoms. The summed E-state index contributed by atoms with van der Waals surface area (Å²) in [5.74, 6) is -1.20. The summed E-state index contributed by atoms with van der Waals surface area (Å²) >= 11 is 0. The molecular formula is C15H12FN5O. The molecule has 110 valence electrons. The summed E-state index contributed by atoms with van der Waals surface area (Å²) in [5.41, 5.74) is 8.99. The average molecular weight is 297 g/mol. The highest BCUT2D eigenvalue weighted by atomic mass is 19.1. The summed E-state index contributed by atoms with van der Waals surface area (Å²) in [4.78, 5) is 15.0. The van der Waals surface area contributed by atoms with Crippen LogP contribution < -0.4 is 5.73 Å². The number of aromatic amines is 1. The Labute approximate surface area is 125 Å². The van der Waals surface area contributed by atoms with Crippen LogP contribution >= 0.6 is 0 Å². The van der Waals surface area contributed by atoms with Crippen molar-refractivity contribution >= 4 is 5.91 Å². The van der Waals surface area contributed by atoms with Gasteiger partial charge in [-0.3, -0.25) is 4.79 Å². The number of pyridine rings is 1. The molecule has 2 heterocycles. The molecule has 0 bridgehead atoms. The Morgan fingerprint density at radius 3 is 2.59 bits per heavy atom. The zero-order valence-electron chi connectivity index (χ0n) is 11.7.